The number of nitrogens with one attached hydrogen (secondary N) is 1. The molecule has 2 aromatic heterocycles. The van der Waals surface area contributed by atoms with Crippen molar-refractivity contribution in [3.05, 3.63) is 29.7 Å². The number of hydrogen-bond acceptors (Lipinski definition) is 4. The highest BCUT2D eigenvalue weighted by Gasteiger charge is 1.99. The number of halogens is 1. The van der Waals surface area contributed by atoms with E-state index in [4.69, 9.17) is 11.6 Å². The van der Waals surface area contributed by atoms with E-state index in [2.05, 4.69) is 20.4 Å². The molecule has 2 rings (SSSR count). The van der Waals surface area contributed by atoms with Crippen molar-refractivity contribution < 1.29 is 0 Å². The topological polar surface area (TPSA) is 55.6 Å². The first-order chi connectivity index (χ1) is 6.74. The van der Waals surface area contributed by atoms with Crippen LogP contribution >= 0.6 is 11.6 Å². The Labute approximate surface area is 85.8 Å². The Kier molecular flexibility index (Phi) is 2.32. The summed E-state index contributed by atoms with van der Waals surface area (Å²) < 4.78 is 1.69. The molecule has 0 unspecified atom stereocenters. The second-order valence-corrected chi connectivity index (χ2v) is 3.16. The van der Waals surface area contributed by atoms with Crippen molar-refractivity contribution in [2.75, 3.05) is 5.32 Å². The van der Waals surface area contributed by atoms with Gasteiger partial charge in [-0.05, 0) is 0 Å². The van der Waals surface area contributed by atoms with Crippen molar-refractivity contribution >= 4 is 23.4 Å². The van der Waals surface area contributed by atoms with E-state index in [1.807, 2.05) is 19.3 Å². The zero-order valence-electron chi connectivity index (χ0n) is 7.48. The molecule has 14 heavy (non-hydrogen) atoms. The molecule has 0 aliphatic carbocycles. The van der Waals surface area contributed by atoms with Crippen LogP contribution in [0.25, 0.3) is 0 Å². The summed E-state index contributed by atoms with van der Waals surface area (Å²) in [6.45, 7) is 0. The fourth-order valence-corrected chi connectivity index (χ4v) is 1.07. The molecule has 0 bridgehead atoms. The molecule has 0 aromatic carbocycles. The number of hydrogen-bond donors (Lipinski definition) is 1. The van der Waals surface area contributed by atoms with Gasteiger partial charge >= 0.3 is 0 Å². The van der Waals surface area contributed by atoms with E-state index in [9.17, 15) is 0 Å². The Morgan fingerprint density at radius 3 is 2.64 bits per heavy atom. The molecule has 0 saturated carbocycles. The summed E-state index contributed by atoms with van der Waals surface area (Å²) in [5, 5.41) is 7.57. The second-order valence-electron chi connectivity index (χ2n) is 2.72. The average Bonchev–Trinajstić information content (AvgIpc) is 2.56. The highest BCUT2D eigenvalue weighted by molar-refractivity contribution is 6.30. The molecule has 0 fully saturated rings. The molecule has 2 aromatic rings. The lowest BCUT2D eigenvalue weighted by atomic mass is 10.6. The first-order valence-electron chi connectivity index (χ1n) is 3.98. The maximum absolute atomic E-state index is 5.65. The number of aryl methyl sites for hydroxylation is 1. The molecule has 0 saturated heterocycles. The monoisotopic (exact) mass is 209 g/mol. The molecule has 0 spiro atoms. The Bertz CT molecular complexity index is 422. The molecular weight excluding hydrogens is 202 g/mol. The molecule has 1 N–H and O–H groups in total. The van der Waals surface area contributed by atoms with Gasteiger partial charge in [0.25, 0.3) is 0 Å². The van der Waals surface area contributed by atoms with Crippen LogP contribution in [-0.4, -0.2) is 19.7 Å². The Morgan fingerprint density at radius 2 is 2.07 bits per heavy atom. The lowest BCUT2D eigenvalue weighted by molar-refractivity contribution is 0.770. The van der Waals surface area contributed by atoms with Crippen LogP contribution in [0.15, 0.2) is 24.7 Å². The third-order valence-electron chi connectivity index (χ3n) is 1.57. The minimum Gasteiger partial charge on any atom is -0.307 e. The van der Waals surface area contributed by atoms with Gasteiger partial charge < -0.3 is 5.32 Å². The van der Waals surface area contributed by atoms with Crippen molar-refractivity contribution in [2.24, 2.45) is 7.05 Å². The quantitative estimate of drug-likeness (QED) is 0.817. The summed E-state index contributed by atoms with van der Waals surface area (Å²) in [4.78, 5) is 7.96. The molecule has 0 atom stereocenters. The smallest absolute Gasteiger partial charge is 0.228 e. The lowest BCUT2D eigenvalue weighted by Gasteiger charge is -1.99. The molecule has 2 heterocycles. The highest BCUT2D eigenvalue weighted by atomic mass is 35.5. The number of nitrogens with zero attached hydrogens (tertiary/aromatic N) is 4. The van der Waals surface area contributed by atoms with Gasteiger partial charge in [-0.15, -0.1) is 0 Å². The summed E-state index contributed by atoms with van der Waals surface area (Å²) in [6.07, 6.45) is 4.89. The number of rotatable bonds is 2. The largest absolute Gasteiger partial charge is 0.307 e. The number of aromatic nitrogens is 4. The summed E-state index contributed by atoms with van der Waals surface area (Å²) in [6, 6.07) is 1.83. The van der Waals surface area contributed by atoms with E-state index in [0.717, 1.165) is 0 Å². The number of anilines is 2. The highest BCUT2D eigenvalue weighted by Crippen LogP contribution is 2.10. The molecule has 6 heteroatoms. The van der Waals surface area contributed by atoms with Crippen LogP contribution in [0.4, 0.5) is 11.8 Å². The predicted octanol–water partition coefficient (Wildman–Crippen LogP) is 1.61. The van der Waals surface area contributed by atoms with Crippen molar-refractivity contribution in [3.8, 4) is 0 Å². The SMILES string of the molecule is Cn1ccc(Nc2ncc(Cl)cn2)n1. The lowest BCUT2D eigenvalue weighted by Crippen LogP contribution is -1.97. The standard InChI is InChI=1S/C8H8ClN5/c1-14-3-2-7(13-14)12-8-10-4-6(9)5-11-8/h2-5H,1H3,(H,10,11,12,13). The van der Waals surface area contributed by atoms with E-state index >= 15 is 0 Å². The summed E-state index contributed by atoms with van der Waals surface area (Å²) in [5.74, 6) is 1.18. The van der Waals surface area contributed by atoms with Gasteiger partial charge in [0.1, 0.15) is 0 Å². The molecule has 0 aliphatic heterocycles. The van der Waals surface area contributed by atoms with Gasteiger partial charge in [0.2, 0.25) is 5.95 Å². The zero-order valence-corrected chi connectivity index (χ0v) is 8.23. The molecular formula is C8H8ClN5. The van der Waals surface area contributed by atoms with Crippen LogP contribution in [0.2, 0.25) is 5.02 Å². The molecule has 72 valence electrons. The van der Waals surface area contributed by atoms with Gasteiger partial charge in [-0.2, -0.15) is 5.10 Å². The minimum atomic E-state index is 0.480. The van der Waals surface area contributed by atoms with Gasteiger partial charge in [-0.3, -0.25) is 4.68 Å². The second kappa shape index (κ2) is 3.63. The van der Waals surface area contributed by atoms with Crippen molar-refractivity contribution in [3.63, 3.8) is 0 Å². The molecule has 0 aliphatic rings. The van der Waals surface area contributed by atoms with Crippen molar-refractivity contribution in [2.45, 2.75) is 0 Å². The van der Waals surface area contributed by atoms with Crippen LogP contribution in [0, 0.1) is 0 Å². The zero-order chi connectivity index (χ0) is 9.97. The fraction of sp³-hybridized carbons (Fsp3) is 0.125. The first-order valence-corrected chi connectivity index (χ1v) is 4.36. The van der Waals surface area contributed by atoms with E-state index in [0.29, 0.717) is 16.8 Å². The van der Waals surface area contributed by atoms with Gasteiger partial charge in [0, 0.05) is 19.3 Å². The summed E-state index contributed by atoms with van der Waals surface area (Å²) in [5.41, 5.74) is 0. The summed E-state index contributed by atoms with van der Waals surface area (Å²) >= 11 is 5.65. The van der Waals surface area contributed by atoms with Gasteiger partial charge in [-0.25, -0.2) is 9.97 Å². The van der Waals surface area contributed by atoms with Gasteiger partial charge in [0.15, 0.2) is 5.82 Å². The summed E-state index contributed by atoms with van der Waals surface area (Å²) in [7, 11) is 1.84. The minimum absolute atomic E-state index is 0.480. The Morgan fingerprint density at radius 1 is 1.36 bits per heavy atom. The van der Waals surface area contributed by atoms with Crippen LogP contribution in [0.1, 0.15) is 0 Å². The van der Waals surface area contributed by atoms with Crippen LogP contribution < -0.4 is 5.32 Å². The van der Waals surface area contributed by atoms with E-state index in [1.165, 1.54) is 12.4 Å². The van der Waals surface area contributed by atoms with Crippen LogP contribution in [0.5, 0.6) is 0 Å². The molecule has 5 nitrogen and oxygen atoms in total. The normalized spacial score (nSPS) is 10.1. The molecule has 0 radical (unpaired) electrons. The van der Waals surface area contributed by atoms with Crippen LogP contribution in [-0.2, 0) is 7.05 Å². The third kappa shape index (κ3) is 2.00. The first kappa shape index (κ1) is 8.96. The average molecular weight is 210 g/mol. The van der Waals surface area contributed by atoms with E-state index in [1.54, 1.807) is 4.68 Å². The predicted molar refractivity (Wildman–Crippen MR) is 53.5 cm³/mol. The van der Waals surface area contributed by atoms with Crippen molar-refractivity contribution in [1.29, 1.82) is 0 Å². The fourth-order valence-electron chi connectivity index (χ4n) is 0.973. The Hall–Kier alpha value is -1.62. The third-order valence-corrected chi connectivity index (χ3v) is 1.77. The Balaban J connectivity index is 2.15. The van der Waals surface area contributed by atoms with Gasteiger partial charge in [-0.1, -0.05) is 11.6 Å². The van der Waals surface area contributed by atoms with Crippen molar-refractivity contribution in [1.82, 2.24) is 19.7 Å². The van der Waals surface area contributed by atoms with E-state index in [-0.39, 0.29) is 0 Å². The maximum Gasteiger partial charge on any atom is 0.228 e. The molecule has 0 amide bonds. The van der Waals surface area contributed by atoms with Crippen LogP contribution in [0.3, 0.4) is 0 Å². The maximum atomic E-state index is 5.65. The van der Waals surface area contributed by atoms with E-state index < -0.39 is 0 Å². The van der Waals surface area contributed by atoms with Gasteiger partial charge in [0.05, 0.1) is 17.4 Å².